The van der Waals surface area contributed by atoms with Crippen LogP contribution in [-0.4, -0.2) is 17.0 Å². The van der Waals surface area contributed by atoms with Crippen LogP contribution >= 0.6 is 0 Å². The second-order valence-electron chi connectivity index (χ2n) is 6.41. The molecule has 0 spiro atoms. The number of hydrogen-bond acceptors (Lipinski definition) is 2. The van der Waals surface area contributed by atoms with Crippen molar-refractivity contribution in [1.29, 1.82) is 0 Å². The molecule has 1 aliphatic carbocycles. The summed E-state index contributed by atoms with van der Waals surface area (Å²) in [5.41, 5.74) is 4.90. The SMILES string of the molecule is Cc1ccc(C(NC(=O)C2CCc3ccccc32)C(=O)O)cc1C. The monoisotopic (exact) mass is 323 g/mol. The van der Waals surface area contributed by atoms with Crippen LogP contribution in [0.1, 0.15) is 46.2 Å². The lowest BCUT2D eigenvalue weighted by atomic mass is 9.98. The minimum absolute atomic E-state index is 0.217. The summed E-state index contributed by atoms with van der Waals surface area (Å²) in [6.45, 7) is 3.91. The number of carbonyl (C=O) groups is 2. The second kappa shape index (κ2) is 6.48. The highest BCUT2D eigenvalue weighted by Crippen LogP contribution is 2.33. The fourth-order valence-electron chi connectivity index (χ4n) is 3.30. The summed E-state index contributed by atoms with van der Waals surface area (Å²) in [7, 11) is 0. The van der Waals surface area contributed by atoms with Crippen molar-refractivity contribution in [3.05, 3.63) is 70.3 Å². The van der Waals surface area contributed by atoms with Crippen LogP contribution < -0.4 is 5.32 Å². The Morgan fingerprint density at radius 3 is 2.58 bits per heavy atom. The molecule has 0 aliphatic heterocycles. The van der Waals surface area contributed by atoms with Gasteiger partial charge in [0.15, 0.2) is 6.04 Å². The van der Waals surface area contributed by atoms with Gasteiger partial charge in [-0.15, -0.1) is 0 Å². The minimum atomic E-state index is -1.04. The first-order valence-electron chi connectivity index (χ1n) is 8.15. The maximum Gasteiger partial charge on any atom is 0.330 e. The number of fused-ring (bicyclic) bond motifs is 1. The van der Waals surface area contributed by atoms with Gasteiger partial charge in [-0.05, 0) is 54.5 Å². The summed E-state index contributed by atoms with van der Waals surface area (Å²) in [5, 5.41) is 12.3. The average Bonchev–Trinajstić information content (AvgIpc) is 2.99. The number of carboxylic acids is 1. The molecule has 0 fully saturated rings. The van der Waals surface area contributed by atoms with Gasteiger partial charge in [-0.2, -0.15) is 0 Å². The molecule has 2 aromatic carbocycles. The third-order valence-corrected chi connectivity index (χ3v) is 4.85. The summed E-state index contributed by atoms with van der Waals surface area (Å²) in [5.74, 6) is -1.53. The molecule has 0 saturated heterocycles. The van der Waals surface area contributed by atoms with E-state index in [1.54, 1.807) is 6.07 Å². The highest BCUT2D eigenvalue weighted by molar-refractivity contribution is 5.89. The third kappa shape index (κ3) is 3.04. The second-order valence-corrected chi connectivity index (χ2v) is 6.41. The molecule has 2 unspecified atom stereocenters. The number of aliphatic carboxylic acids is 1. The van der Waals surface area contributed by atoms with Crippen molar-refractivity contribution in [1.82, 2.24) is 5.32 Å². The molecule has 124 valence electrons. The Labute approximate surface area is 141 Å². The lowest BCUT2D eigenvalue weighted by molar-refractivity contribution is -0.142. The predicted octanol–water partition coefficient (Wildman–Crippen LogP) is 3.28. The molecular weight excluding hydrogens is 302 g/mol. The normalized spacial score (nSPS) is 17.2. The van der Waals surface area contributed by atoms with Crippen molar-refractivity contribution in [3.8, 4) is 0 Å². The molecule has 1 amide bonds. The molecule has 0 radical (unpaired) electrons. The van der Waals surface area contributed by atoms with Crippen LogP contribution in [0.15, 0.2) is 42.5 Å². The van der Waals surface area contributed by atoms with Crippen molar-refractivity contribution < 1.29 is 14.7 Å². The Morgan fingerprint density at radius 2 is 1.88 bits per heavy atom. The van der Waals surface area contributed by atoms with Gasteiger partial charge in [0.25, 0.3) is 0 Å². The van der Waals surface area contributed by atoms with E-state index in [2.05, 4.69) is 5.32 Å². The minimum Gasteiger partial charge on any atom is -0.479 e. The summed E-state index contributed by atoms with van der Waals surface area (Å²) < 4.78 is 0. The number of amides is 1. The molecule has 2 aromatic rings. The van der Waals surface area contributed by atoms with E-state index in [4.69, 9.17) is 0 Å². The number of aryl methyl sites for hydroxylation is 3. The standard InChI is InChI=1S/C20H21NO3/c1-12-7-8-15(11-13(12)2)18(20(23)24)21-19(22)17-10-9-14-5-3-4-6-16(14)17/h3-8,11,17-18H,9-10H2,1-2H3,(H,21,22)(H,23,24). The molecule has 4 heteroatoms. The fraction of sp³-hybridized carbons (Fsp3) is 0.300. The number of rotatable bonds is 4. The molecule has 2 N–H and O–H groups in total. The number of carbonyl (C=O) groups excluding carboxylic acids is 1. The molecule has 0 saturated carbocycles. The lowest BCUT2D eigenvalue weighted by Crippen LogP contribution is -2.36. The topological polar surface area (TPSA) is 66.4 Å². The quantitative estimate of drug-likeness (QED) is 0.907. The first kappa shape index (κ1) is 16.2. The molecule has 0 heterocycles. The Balaban J connectivity index is 1.83. The number of hydrogen-bond donors (Lipinski definition) is 2. The number of nitrogens with one attached hydrogen (secondary N) is 1. The first-order valence-corrected chi connectivity index (χ1v) is 8.15. The van der Waals surface area contributed by atoms with Gasteiger partial charge >= 0.3 is 5.97 Å². The molecule has 24 heavy (non-hydrogen) atoms. The van der Waals surface area contributed by atoms with Crippen LogP contribution in [0.25, 0.3) is 0 Å². The van der Waals surface area contributed by atoms with Crippen molar-refractivity contribution >= 4 is 11.9 Å². The highest BCUT2D eigenvalue weighted by atomic mass is 16.4. The molecule has 2 atom stereocenters. The van der Waals surface area contributed by atoms with E-state index in [1.165, 1.54) is 5.56 Å². The maximum absolute atomic E-state index is 12.7. The van der Waals surface area contributed by atoms with Crippen LogP contribution in [-0.2, 0) is 16.0 Å². The third-order valence-electron chi connectivity index (χ3n) is 4.85. The van der Waals surface area contributed by atoms with E-state index in [0.717, 1.165) is 29.5 Å². The number of benzene rings is 2. The van der Waals surface area contributed by atoms with Crippen LogP contribution in [0, 0.1) is 13.8 Å². The van der Waals surface area contributed by atoms with Gasteiger partial charge in [0.05, 0.1) is 5.92 Å². The summed E-state index contributed by atoms with van der Waals surface area (Å²) >= 11 is 0. The summed E-state index contributed by atoms with van der Waals surface area (Å²) in [4.78, 5) is 24.4. The van der Waals surface area contributed by atoms with Crippen LogP contribution in [0.3, 0.4) is 0 Å². The zero-order chi connectivity index (χ0) is 17.3. The van der Waals surface area contributed by atoms with Gasteiger partial charge in [0.1, 0.15) is 0 Å². The smallest absolute Gasteiger partial charge is 0.330 e. The predicted molar refractivity (Wildman–Crippen MR) is 91.9 cm³/mol. The van der Waals surface area contributed by atoms with Gasteiger partial charge < -0.3 is 10.4 Å². The van der Waals surface area contributed by atoms with Crippen molar-refractivity contribution in [2.45, 2.75) is 38.6 Å². The molecule has 0 aromatic heterocycles. The van der Waals surface area contributed by atoms with E-state index in [9.17, 15) is 14.7 Å². The summed E-state index contributed by atoms with van der Waals surface area (Å²) in [6.07, 6.45) is 1.58. The zero-order valence-corrected chi connectivity index (χ0v) is 13.9. The van der Waals surface area contributed by atoms with Crippen LogP contribution in [0.2, 0.25) is 0 Å². The maximum atomic E-state index is 12.7. The number of carboxylic acid groups (broad SMARTS) is 1. The van der Waals surface area contributed by atoms with E-state index in [1.807, 2.05) is 50.2 Å². The molecule has 1 aliphatic rings. The fourth-order valence-corrected chi connectivity index (χ4v) is 3.30. The highest BCUT2D eigenvalue weighted by Gasteiger charge is 2.31. The first-order chi connectivity index (χ1) is 11.5. The summed E-state index contributed by atoms with van der Waals surface area (Å²) in [6, 6.07) is 12.3. The Morgan fingerprint density at radius 1 is 1.12 bits per heavy atom. The van der Waals surface area contributed by atoms with Crippen LogP contribution in [0.4, 0.5) is 0 Å². The molecular formula is C20H21NO3. The average molecular weight is 323 g/mol. The van der Waals surface area contributed by atoms with Crippen LogP contribution in [0.5, 0.6) is 0 Å². The Hall–Kier alpha value is -2.62. The zero-order valence-electron chi connectivity index (χ0n) is 13.9. The molecule has 0 bridgehead atoms. The van der Waals surface area contributed by atoms with Crippen molar-refractivity contribution in [3.63, 3.8) is 0 Å². The van der Waals surface area contributed by atoms with Gasteiger partial charge in [-0.1, -0.05) is 42.5 Å². The molecule has 3 rings (SSSR count). The largest absolute Gasteiger partial charge is 0.479 e. The molecule has 4 nitrogen and oxygen atoms in total. The van der Waals surface area contributed by atoms with E-state index < -0.39 is 12.0 Å². The van der Waals surface area contributed by atoms with Gasteiger partial charge in [-0.3, -0.25) is 4.79 Å². The van der Waals surface area contributed by atoms with Crippen molar-refractivity contribution in [2.24, 2.45) is 0 Å². The van der Waals surface area contributed by atoms with Gasteiger partial charge in [-0.25, -0.2) is 4.79 Å². The Bertz CT molecular complexity index is 797. The Kier molecular flexibility index (Phi) is 4.38. The van der Waals surface area contributed by atoms with Crippen molar-refractivity contribution in [2.75, 3.05) is 0 Å². The van der Waals surface area contributed by atoms with E-state index in [0.29, 0.717) is 5.56 Å². The van der Waals surface area contributed by atoms with Gasteiger partial charge in [0, 0.05) is 0 Å². The lowest BCUT2D eigenvalue weighted by Gasteiger charge is -2.19. The van der Waals surface area contributed by atoms with E-state index >= 15 is 0 Å². The van der Waals surface area contributed by atoms with E-state index in [-0.39, 0.29) is 11.8 Å². The van der Waals surface area contributed by atoms with Gasteiger partial charge in [0.2, 0.25) is 5.91 Å².